The summed E-state index contributed by atoms with van der Waals surface area (Å²) in [6, 6.07) is 13.0. The second-order valence-corrected chi connectivity index (χ2v) is 5.44. The van der Waals surface area contributed by atoms with E-state index < -0.39 is 0 Å². The Kier molecular flexibility index (Phi) is 3.59. The van der Waals surface area contributed by atoms with Gasteiger partial charge in [0.1, 0.15) is 5.75 Å². The van der Waals surface area contributed by atoms with Gasteiger partial charge in [-0.3, -0.25) is 4.98 Å². The van der Waals surface area contributed by atoms with Crippen LogP contribution in [0.3, 0.4) is 0 Å². The maximum atomic E-state index is 5.44. The second-order valence-electron chi connectivity index (χ2n) is 5.44. The van der Waals surface area contributed by atoms with Gasteiger partial charge in [0.2, 0.25) is 0 Å². The van der Waals surface area contributed by atoms with Gasteiger partial charge in [-0.2, -0.15) is 0 Å². The van der Waals surface area contributed by atoms with Crippen molar-refractivity contribution in [2.45, 2.75) is 31.7 Å². The number of pyridine rings is 1. The fourth-order valence-corrected chi connectivity index (χ4v) is 2.78. The maximum Gasteiger partial charge on any atom is 0.122 e. The Morgan fingerprint density at radius 3 is 2.65 bits per heavy atom. The van der Waals surface area contributed by atoms with Crippen molar-refractivity contribution >= 4 is 5.69 Å². The molecule has 1 aliphatic carbocycles. The molecule has 3 rings (SSSR count). The first-order chi connectivity index (χ1) is 9.76. The first-order valence-corrected chi connectivity index (χ1v) is 7.08. The van der Waals surface area contributed by atoms with Crippen LogP contribution in [0.4, 0.5) is 5.69 Å². The summed E-state index contributed by atoms with van der Waals surface area (Å²) in [5.41, 5.74) is 3.49. The molecule has 104 valence electrons. The van der Waals surface area contributed by atoms with Crippen LogP contribution in [0.15, 0.2) is 42.6 Å². The van der Waals surface area contributed by atoms with Crippen molar-refractivity contribution in [1.29, 1.82) is 0 Å². The number of aryl methyl sites for hydroxylation is 1. The number of benzene rings is 1. The smallest absolute Gasteiger partial charge is 0.122 e. The summed E-state index contributed by atoms with van der Waals surface area (Å²) in [4.78, 5) is 4.31. The van der Waals surface area contributed by atoms with Gasteiger partial charge in [-0.05, 0) is 49.4 Å². The molecule has 1 N–H and O–H groups in total. The molecular formula is C17H20N2O. The van der Waals surface area contributed by atoms with Crippen LogP contribution in [0, 0.1) is 6.92 Å². The maximum absolute atomic E-state index is 5.44. The third-order valence-electron chi connectivity index (χ3n) is 4.00. The molecule has 0 amide bonds. The number of anilines is 1. The molecule has 1 aromatic carbocycles. The molecule has 0 aliphatic heterocycles. The van der Waals surface area contributed by atoms with Crippen LogP contribution < -0.4 is 10.1 Å². The highest BCUT2D eigenvalue weighted by Gasteiger charge is 2.31. The lowest BCUT2D eigenvalue weighted by atomic mass is 9.75. The largest absolute Gasteiger partial charge is 0.496 e. The Hall–Kier alpha value is -2.03. The minimum atomic E-state index is 0.536. The Labute approximate surface area is 120 Å². The normalized spacial score (nSPS) is 21.1. The molecule has 0 bridgehead atoms. The average molecular weight is 268 g/mol. The van der Waals surface area contributed by atoms with E-state index in [2.05, 4.69) is 28.5 Å². The predicted octanol–water partition coefficient (Wildman–Crippen LogP) is 3.76. The summed E-state index contributed by atoms with van der Waals surface area (Å²) in [5, 5.41) is 3.54. The van der Waals surface area contributed by atoms with Crippen molar-refractivity contribution in [2.75, 3.05) is 12.4 Å². The van der Waals surface area contributed by atoms with Crippen LogP contribution in [0.25, 0.3) is 0 Å². The van der Waals surface area contributed by atoms with Crippen molar-refractivity contribution in [3.05, 3.63) is 53.9 Å². The molecule has 0 unspecified atom stereocenters. The first-order valence-electron chi connectivity index (χ1n) is 7.08. The number of methoxy groups -OCH3 is 1. The molecule has 2 aromatic rings. The summed E-state index contributed by atoms with van der Waals surface area (Å²) < 4.78 is 5.44. The molecule has 0 spiro atoms. The third kappa shape index (κ3) is 2.62. The monoisotopic (exact) mass is 268 g/mol. The van der Waals surface area contributed by atoms with Crippen LogP contribution >= 0.6 is 0 Å². The van der Waals surface area contributed by atoms with Crippen LogP contribution in [0.1, 0.15) is 30.0 Å². The minimum absolute atomic E-state index is 0.536. The lowest BCUT2D eigenvalue weighted by Crippen LogP contribution is -2.34. The van der Waals surface area contributed by atoms with Crippen molar-refractivity contribution in [3.63, 3.8) is 0 Å². The number of nitrogens with one attached hydrogen (secondary N) is 1. The molecule has 3 nitrogen and oxygen atoms in total. The van der Waals surface area contributed by atoms with E-state index in [9.17, 15) is 0 Å². The Balaban J connectivity index is 1.60. The molecule has 0 radical (unpaired) electrons. The lowest BCUT2D eigenvalue weighted by Gasteiger charge is -2.37. The molecule has 1 aliphatic rings. The van der Waals surface area contributed by atoms with Gasteiger partial charge in [-0.15, -0.1) is 0 Å². The van der Waals surface area contributed by atoms with E-state index in [0.717, 1.165) is 30.0 Å². The molecule has 3 heteroatoms. The molecule has 1 fully saturated rings. The number of ether oxygens (including phenoxy) is 1. The molecule has 20 heavy (non-hydrogen) atoms. The van der Waals surface area contributed by atoms with E-state index in [0.29, 0.717) is 12.0 Å². The molecule has 0 saturated heterocycles. The van der Waals surface area contributed by atoms with Crippen molar-refractivity contribution in [2.24, 2.45) is 0 Å². The predicted molar refractivity (Wildman–Crippen MR) is 81.4 cm³/mol. The van der Waals surface area contributed by atoms with Gasteiger partial charge in [-0.25, -0.2) is 0 Å². The first kappa shape index (κ1) is 13.0. The van der Waals surface area contributed by atoms with E-state index in [1.807, 2.05) is 31.3 Å². The topological polar surface area (TPSA) is 34.1 Å². The van der Waals surface area contributed by atoms with Crippen molar-refractivity contribution in [3.8, 4) is 5.75 Å². The van der Waals surface area contributed by atoms with Gasteiger partial charge in [0.25, 0.3) is 0 Å². The van der Waals surface area contributed by atoms with Crippen molar-refractivity contribution in [1.82, 2.24) is 4.98 Å². The summed E-state index contributed by atoms with van der Waals surface area (Å²) >= 11 is 0. The highest BCUT2D eigenvalue weighted by atomic mass is 16.5. The van der Waals surface area contributed by atoms with E-state index >= 15 is 0 Å². The Morgan fingerprint density at radius 1 is 1.15 bits per heavy atom. The highest BCUT2D eigenvalue weighted by Crippen LogP contribution is 2.42. The number of rotatable bonds is 4. The van der Waals surface area contributed by atoms with Gasteiger partial charge in [0.15, 0.2) is 0 Å². The lowest BCUT2D eigenvalue weighted by molar-refractivity contribution is 0.349. The SMILES string of the molecule is COc1ccccc1C1CC(Nc2ccc(C)nc2)C1. The standard InChI is InChI=1S/C17H20N2O/c1-12-7-8-14(11-18-12)19-15-9-13(10-15)16-5-3-4-6-17(16)20-2/h3-8,11,13,15,19H,9-10H2,1-2H3. The number of aromatic nitrogens is 1. The second kappa shape index (κ2) is 5.53. The number of hydrogen-bond donors (Lipinski definition) is 1. The van der Waals surface area contributed by atoms with Crippen LogP contribution in [0.2, 0.25) is 0 Å². The van der Waals surface area contributed by atoms with Gasteiger partial charge in [-0.1, -0.05) is 18.2 Å². The van der Waals surface area contributed by atoms with Crippen molar-refractivity contribution < 1.29 is 4.74 Å². The summed E-state index contributed by atoms with van der Waals surface area (Å²) in [5.74, 6) is 1.61. The summed E-state index contributed by atoms with van der Waals surface area (Å²) in [6.45, 7) is 2.00. The summed E-state index contributed by atoms with van der Waals surface area (Å²) in [7, 11) is 1.74. The zero-order valence-corrected chi connectivity index (χ0v) is 12.0. The molecule has 1 saturated carbocycles. The summed E-state index contributed by atoms with van der Waals surface area (Å²) in [6.07, 6.45) is 4.20. The zero-order valence-electron chi connectivity index (χ0n) is 12.0. The van der Waals surface area contributed by atoms with Gasteiger partial charge in [0, 0.05) is 11.7 Å². The van der Waals surface area contributed by atoms with Crippen LogP contribution in [-0.4, -0.2) is 18.1 Å². The Morgan fingerprint density at radius 2 is 1.95 bits per heavy atom. The van der Waals surface area contributed by atoms with E-state index in [1.165, 1.54) is 5.56 Å². The molecular weight excluding hydrogens is 248 g/mol. The molecule has 0 atom stereocenters. The highest BCUT2D eigenvalue weighted by molar-refractivity contribution is 5.44. The van der Waals surface area contributed by atoms with Crippen LogP contribution in [0.5, 0.6) is 5.75 Å². The van der Waals surface area contributed by atoms with Gasteiger partial charge in [0.05, 0.1) is 19.0 Å². The van der Waals surface area contributed by atoms with Crippen LogP contribution in [-0.2, 0) is 0 Å². The van der Waals surface area contributed by atoms with E-state index in [-0.39, 0.29) is 0 Å². The van der Waals surface area contributed by atoms with Gasteiger partial charge < -0.3 is 10.1 Å². The van der Waals surface area contributed by atoms with Gasteiger partial charge >= 0.3 is 0 Å². The minimum Gasteiger partial charge on any atom is -0.496 e. The van der Waals surface area contributed by atoms with E-state index in [4.69, 9.17) is 4.74 Å². The quantitative estimate of drug-likeness (QED) is 0.916. The number of para-hydroxylation sites is 1. The zero-order chi connectivity index (χ0) is 13.9. The molecule has 1 heterocycles. The Bertz CT molecular complexity index is 574. The number of hydrogen-bond acceptors (Lipinski definition) is 3. The fourth-order valence-electron chi connectivity index (χ4n) is 2.78. The fraction of sp³-hybridized carbons (Fsp3) is 0.353. The average Bonchev–Trinajstić information content (AvgIpc) is 2.44. The van der Waals surface area contributed by atoms with E-state index in [1.54, 1.807) is 7.11 Å². The number of nitrogens with zero attached hydrogens (tertiary/aromatic N) is 1. The third-order valence-corrected chi connectivity index (χ3v) is 4.00. The molecule has 1 aromatic heterocycles.